The summed E-state index contributed by atoms with van der Waals surface area (Å²) >= 11 is 1.62. The zero-order valence-electron chi connectivity index (χ0n) is 14.3. The molecule has 0 spiro atoms. The molecule has 3 rings (SSSR count). The Bertz CT molecular complexity index is 804. The van der Waals surface area contributed by atoms with Crippen molar-refractivity contribution < 1.29 is 13.9 Å². The van der Waals surface area contributed by atoms with E-state index in [0.29, 0.717) is 18.2 Å². The quantitative estimate of drug-likeness (QED) is 0.660. The summed E-state index contributed by atoms with van der Waals surface area (Å²) in [5, 5.41) is 4.81. The first-order chi connectivity index (χ1) is 12.1. The summed E-state index contributed by atoms with van der Waals surface area (Å²) in [6.45, 7) is 4.61. The van der Waals surface area contributed by atoms with Gasteiger partial charge in [0.05, 0.1) is 11.4 Å². The summed E-state index contributed by atoms with van der Waals surface area (Å²) in [6.07, 6.45) is 0. The summed E-state index contributed by atoms with van der Waals surface area (Å²) in [4.78, 5) is 13.0. The minimum atomic E-state index is -0.179. The average Bonchev–Trinajstić information content (AvgIpc) is 3.29. The van der Waals surface area contributed by atoms with E-state index in [4.69, 9.17) is 9.15 Å². The van der Waals surface area contributed by atoms with Gasteiger partial charge in [0.25, 0.3) is 5.91 Å². The summed E-state index contributed by atoms with van der Waals surface area (Å²) in [7, 11) is 0. The Hall–Kier alpha value is -2.53. The van der Waals surface area contributed by atoms with Crippen molar-refractivity contribution >= 4 is 17.2 Å². The smallest absolute Gasteiger partial charge is 0.258 e. The summed E-state index contributed by atoms with van der Waals surface area (Å²) in [5.74, 6) is 2.53. The zero-order chi connectivity index (χ0) is 17.6. The van der Waals surface area contributed by atoms with E-state index in [2.05, 4.69) is 19.2 Å². The fourth-order valence-electron chi connectivity index (χ4n) is 2.36. The van der Waals surface area contributed by atoms with Crippen LogP contribution >= 0.6 is 11.3 Å². The molecule has 3 aromatic rings. The molecule has 1 amide bonds. The van der Waals surface area contributed by atoms with E-state index in [9.17, 15) is 4.79 Å². The van der Waals surface area contributed by atoms with Crippen LogP contribution in [0.3, 0.4) is 0 Å². The molecule has 0 saturated heterocycles. The van der Waals surface area contributed by atoms with Gasteiger partial charge in [0.2, 0.25) is 0 Å². The lowest BCUT2D eigenvalue weighted by molar-refractivity contribution is -0.123. The van der Waals surface area contributed by atoms with Crippen LogP contribution in [0.1, 0.15) is 31.1 Å². The third kappa shape index (κ3) is 4.73. The second kappa shape index (κ2) is 8.03. The second-order valence-electron chi connectivity index (χ2n) is 6.03. The SMILES string of the molecule is CC(C)c1ccc(OCC(=O)NCc2ccc(-c3cccs3)o2)cc1. The van der Waals surface area contributed by atoms with E-state index < -0.39 is 0 Å². The Kier molecular flexibility index (Phi) is 5.56. The molecule has 0 atom stereocenters. The Balaban J connectivity index is 1.45. The van der Waals surface area contributed by atoms with Crippen LogP contribution < -0.4 is 10.1 Å². The number of carbonyl (C=O) groups excluding carboxylic acids is 1. The molecular formula is C20H21NO3S. The molecule has 0 aliphatic carbocycles. The van der Waals surface area contributed by atoms with Gasteiger partial charge in [0, 0.05) is 0 Å². The summed E-state index contributed by atoms with van der Waals surface area (Å²) in [5.41, 5.74) is 1.25. The summed E-state index contributed by atoms with van der Waals surface area (Å²) in [6, 6.07) is 15.6. The Morgan fingerprint density at radius 3 is 2.64 bits per heavy atom. The van der Waals surface area contributed by atoms with E-state index >= 15 is 0 Å². The topological polar surface area (TPSA) is 51.5 Å². The number of ether oxygens (including phenoxy) is 1. The van der Waals surface area contributed by atoms with Crippen molar-refractivity contribution in [2.24, 2.45) is 0 Å². The largest absolute Gasteiger partial charge is 0.484 e. The van der Waals surface area contributed by atoms with Crippen molar-refractivity contribution in [2.45, 2.75) is 26.3 Å². The minimum absolute atomic E-state index is 0.0144. The molecule has 1 N–H and O–H groups in total. The van der Waals surface area contributed by atoms with Crippen LogP contribution in [0, 0.1) is 0 Å². The molecule has 0 fully saturated rings. The van der Waals surface area contributed by atoms with Gasteiger partial charge in [-0.1, -0.05) is 32.0 Å². The van der Waals surface area contributed by atoms with E-state index in [1.807, 2.05) is 53.9 Å². The zero-order valence-corrected chi connectivity index (χ0v) is 15.1. The van der Waals surface area contributed by atoms with E-state index in [-0.39, 0.29) is 12.5 Å². The second-order valence-corrected chi connectivity index (χ2v) is 6.98. The van der Waals surface area contributed by atoms with Crippen LogP contribution in [0.5, 0.6) is 5.75 Å². The van der Waals surface area contributed by atoms with E-state index in [1.165, 1.54) is 5.56 Å². The minimum Gasteiger partial charge on any atom is -0.484 e. The van der Waals surface area contributed by atoms with Crippen LogP contribution in [0.15, 0.2) is 58.3 Å². The van der Waals surface area contributed by atoms with Crippen LogP contribution in [0.2, 0.25) is 0 Å². The molecule has 130 valence electrons. The number of thiophene rings is 1. The fourth-order valence-corrected chi connectivity index (χ4v) is 3.05. The van der Waals surface area contributed by atoms with Crippen LogP contribution in [-0.2, 0) is 11.3 Å². The third-order valence-corrected chi connectivity index (χ3v) is 4.69. The Morgan fingerprint density at radius 1 is 1.16 bits per heavy atom. The van der Waals surface area contributed by atoms with Gasteiger partial charge in [-0.3, -0.25) is 4.79 Å². The monoisotopic (exact) mass is 355 g/mol. The molecule has 0 aliphatic heterocycles. The van der Waals surface area contributed by atoms with Crippen molar-refractivity contribution in [2.75, 3.05) is 6.61 Å². The van der Waals surface area contributed by atoms with Gasteiger partial charge in [0.1, 0.15) is 17.3 Å². The molecular weight excluding hydrogens is 334 g/mol. The maximum atomic E-state index is 11.9. The van der Waals surface area contributed by atoms with Gasteiger partial charge in [-0.2, -0.15) is 0 Å². The predicted molar refractivity (Wildman–Crippen MR) is 99.9 cm³/mol. The lowest BCUT2D eigenvalue weighted by atomic mass is 10.0. The average molecular weight is 355 g/mol. The van der Waals surface area contributed by atoms with E-state index in [0.717, 1.165) is 16.4 Å². The first kappa shape index (κ1) is 17.3. The van der Waals surface area contributed by atoms with Crippen LogP contribution in [0.4, 0.5) is 0 Å². The molecule has 0 radical (unpaired) electrons. The van der Waals surface area contributed by atoms with Crippen LogP contribution in [-0.4, -0.2) is 12.5 Å². The predicted octanol–water partition coefficient (Wildman–Crippen LogP) is 4.83. The fraction of sp³-hybridized carbons (Fsp3) is 0.250. The van der Waals surface area contributed by atoms with Gasteiger partial charge < -0.3 is 14.5 Å². The van der Waals surface area contributed by atoms with Crippen molar-refractivity contribution in [3.63, 3.8) is 0 Å². The van der Waals surface area contributed by atoms with Gasteiger partial charge in [-0.05, 0) is 47.2 Å². The van der Waals surface area contributed by atoms with Gasteiger partial charge in [0.15, 0.2) is 6.61 Å². The number of hydrogen-bond acceptors (Lipinski definition) is 4. The Morgan fingerprint density at radius 2 is 1.96 bits per heavy atom. The van der Waals surface area contributed by atoms with Crippen molar-refractivity contribution in [3.05, 3.63) is 65.2 Å². The van der Waals surface area contributed by atoms with Gasteiger partial charge >= 0.3 is 0 Å². The maximum Gasteiger partial charge on any atom is 0.258 e. The highest BCUT2D eigenvalue weighted by Gasteiger charge is 2.08. The molecule has 25 heavy (non-hydrogen) atoms. The van der Waals surface area contributed by atoms with Crippen molar-refractivity contribution in [3.8, 4) is 16.4 Å². The molecule has 5 heteroatoms. The molecule has 0 saturated carbocycles. The van der Waals surface area contributed by atoms with E-state index in [1.54, 1.807) is 11.3 Å². The maximum absolute atomic E-state index is 11.9. The van der Waals surface area contributed by atoms with Gasteiger partial charge in [-0.25, -0.2) is 0 Å². The van der Waals surface area contributed by atoms with Gasteiger partial charge in [-0.15, -0.1) is 11.3 Å². The highest BCUT2D eigenvalue weighted by Crippen LogP contribution is 2.26. The first-order valence-electron chi connectivity index (χ1n) is 8.24. The number of nitrogens with one attached hydrogen (secondary N) is 1. The standard InChI is InChI=1S/C20H21NO3S/c1-14(2)15-5-7-16(8-6-15)23-13-20(22)21-12-17-9-10-18(24-17)19-4-3-11-25-19/h3-11,14H,12-13H2,1-2H3,(H,21,22). The number of hydrogen-bond donors (Lipinski definition) is 1. The third-order valence-electron chi connectivity index (χ3n) is 3.80. The number of furan rings is 1. The molecule has 0 bridgehead atoms. The molecule has 2 aromatic heterocycles. The molecule has 0 aliphatic rings. The highest BCUT2D eigenvalue weighted by atomic mass is 32.1. The summed E-state index contributed by atoms with van der Waals surface area (Å²) < 4.78 is 11.2. The molecule has 1 aromatic carbocycles. The normalized spacial score (nSPS) is 10.8. The number of benzene rings is 1. The highest BCUT2D eigenvalue weighted by molar-refractivity contribution is 7.13. The van der Waals surface area contributed by atoms with Crippen LogP contribution in [0.25, 0.3) is 10.6 Å². The lowest BCUT2D eigenvalue weighted by Crippen LogP contribution is -2.28. The first-order valence-corrected chi connectivity index (χ1v) is 9.12. The number of carbonyl (C=O) groups is 1. The number of rotatable bonds is 7. The Labute approximate surface area is 151 Å². The molecule has 4 nitrogen and oxygen atoms in total. The van der Waals surface area contributed by atoms with Crippen molar-refractivity contribution in [1.82, 2.24) is 5.32 Å². The van der Waals surface area contributed by atoms with Crippen molar-refractivity contribution in [1.29, 1.82) is 0 Å². The molecule has 2 heterocycles. The molecule has 0 unspecified atom stereocenters. The number of amides is 1. The lowest BCUT2D eigenvalue weighted by Gasteiger charge is -2.09.